The number of rotatable bonds is 4. The Balaban J connectivity index is 1.70. The van der Waals surface area contributed by atoms with Crippen LogP contribution in [-0.2, 0) is 0 Å². The normalized spacial score (nSPS) is 36.2. The van der Waals surface area contributed by atoms with Gasteiger partial charge < -0.3 is 0 Å². The number of hydrogen-bond acceptors (Lipinski definition) is 0. The van der Waals surface area contributed by atoms with Crippen LogP contribution in [0.4, 0.5) is 0 Å². The molecule has 0 heterocycles. The van der Waals surface area contributed by atoms with E-state index in [1.807, 2.05) is 0 Å². The number of allylic oxidation sites excluding steroid dienone is 2. The maximum absolute atomic E-state index is 5.55. The van der Waals surface area contributed by atoms with Gasteiger partial charge in [0.25, 0.3) is 0 Å². The average molecular weight is 258 g/mol. The van der Waals surface area contributed by atoms with E-state index < -0.39 is 0 Å². The largest absolute Gasteiger partial charge is 0.120 e. The first-order valence-corrected chi connectivity index (χ1v) is 8.46. The molecular formula is C19H30. The van der Waals surface area contributed by atoms with E-state index in [1.54, 1.807) is 0 Å². The highest BCUT2D eigenvalue weighted by atomic mass is 14.3. The van der Waals surface area contributed by atoms with E-state index in [0.717, 1.165) is 17.8 Å². The molecular weight excluding hydrogens is 228 g/mol. The van der Waals surface area contributed by atoms with Crippen molar-refractivity contribution in [3.8, 4) is 12.3 Å². The summed E-state index contributed by atoms with van der Waals surface area (Å²) >= 11 is 0. The Bertz CT molecular complexity index is 303. The van der Waals surface area contributed by atoms with Crippen LogP contribution >= 0.6 is 0 Å². The van der Waals surface area contributed by atoms with Gasteiger partial charge in [0.15, 0.2) is 0 Å². The lowest BCUT2D eigenvalue weighted by atomic mass is 9.69. The highest BCUT2D eigenvalue weighted by molar-refractivity contribution is 4.97. The Hall–Kier alpha value is -0.700. The predicted molar refractivity (Wildman–Crippen MR) is 83.8 cm³/mol. The maximum Gasteiger partial charge on any atom is 0.0200 e. The van der Waals surface area contributed by atoms with Crippen molar-refractivity contribution in [2.45, 2.75) is 71.1 Å². The number of hydrogen-bond donors (Lipinski definition) is 0. The summed E-state index contributed by atoms with van der Waals surface area (Å²) in [6.07, 6.45) is 24.2. The minimum absolute atomic E-state index is 0.588. The van der Waals surface area contributed by atoms with Crippen LogP contribution in [0.2, 0.25) is 0 Å². The van der Waals surface area contributed by atoms with Crippen molar-refractivity contribution >= 4 is 0 Å². The van der Waals surface area contributed by atoms with Crippen LogP contribution in [0, 0.1) is 36.0 Å². The minimum atomic E-state index is 0.588. The standard InChI is InChI=1S/C19H30/c1-3-5-6-7-17-10-14-19(15-11-17)18-12-8-16(4-2)9-13-18/h2,6-7,16-19H,3,5,8-15H2,1H3/b7-6+/t16-,17?,18-,19?. The van der Waals surface area contributed by atoms with Gasteiger partial charge in [-0.1, -0.05) is 25.5 Å². The molecule has 0 N–H and O–H groups in total. The predicted octanol–water partition coefficient (Wildman–Crippen LogP) is 5.59. The third kappa shape index (κ3) is 4.41. The molecule has 2 aliphatic rings. The van der Waals surface area contributed by atoms with Crippen LogP contribution in [0.1, 0.15) is 71.1 Å². The summed E-state index contributed by atoms with van der Waals surface area (Å²) in [5.41, 5.74) is 0. The summed E-state index contributed by atoms with van der Waals surface area (Å²) in [6, 6.07) is 0. The topological polar surface area (TPSA) is 0 Å². The van der Waals surface area contributed by atoms with Crippen LogP contribution in [0.15, 0.2) is 12.2 Å². The summed E-state index contributed by atoms with van der Waals surface area (Å²) in [5.74, 6) is 6.42. The molecule has 0 spiro atoms. The summed E-state index contributed by atoms with van der Waals surface area (Å²) in [4.78, 5) is 0. The lowest BCUT2D eigenvalue weighted by Gasteiger charge is -2.36. The van der Waals surface area contributed by atoms with Crippen molar-refractivity contribution in [1.29, 1.82) is 0 Å². The van der Waals surface area contributed by atoms with E-state index in [-0.39, 0.29) is 0 Å². The van der Waals surface area contributed by atoms with E-state index in [0.29, 0.717) is 5.92 Å². The smallest absolute Gasteiger partial charge is 0.0200 e. The van der Waals surface area contributed by atoms with Crippen LogP contribution in [0.5, 0.6) is 0 Å². The zero-order valence-corrected chi connectivity index (χ0v) is 12.6. The van der Waals surface area contributed by atoms with Gasteiger partial charge in [0.1, 0.15) is 0 Å². The molecule has 106 valence electrons. The van der Waals surface area contributed by atoms with Gasteiger partial charge in [0, 0.05) is 5.92 Å². The first-order valence-electron chi connectivity index (χ1n) is 8.46. The van der Waals surface area contributed by atoms with Crippen LogP contribution < -0.4 is 0 Å². The van der Waals surface area contributed by atoms with Crippen molar-refractivity contribution in [3.63, 3.8) is 0 Å². The maximum atomic E-state index is 5.55. The van der Waals surface area contributed by atoms with Crippen molar-refractivity contribution < 1.29 is 0 Å². The number of terminal acetylenes is 1. The Labute approximate surface area is 120 Å². The fourth-order valence-electron chi connectivity index (χ4n) is 4.02. The molecule has 19 heavy (non-hydrogen) atoms. The van der Waals surface area contributed by atoms with Crippen molar-refractivity contribution in [2.24, 2.45) is 23.7 Å². The Morgan fingerprint density at radius 1 is 0.947 bits per heavy atom. The van der Waals surface area contributed by atoms with Crippen molar-refractivity contribution in [1.82, 2.24) is 0 Å². The van der Waals surface area contributed by atoms with E-state index in [1.165, 1.54) is 64.2 Å². The average Bonchev–Trinajstić information content (AvgIpc) is 2.48. The Morgan fingerprint density at radius 2 is 1.53 bits per heavy atom. The molecule has 0 aromatic carbocycles. The molecule has 0 nitrogen and oxygen atoms in total. The highest BCUT2D eigenvalue weighted by Gasteiger charge is 2.29. The summed E-state index contributed by atoms with van der Waals surface area (Å²) < 4.78 is 0. The molecule has 0 bridgehead atoms. The molecule has 2 rings (SSSR count). The molecule has 0 radical (unpaired) electrons. The molecule has 0 heteroatoms. The molecule has 0 atom stereocenters. The van der Waals surface area contributed by atoms with Gasteiger partial charge in [0.2, 0.25) is 0 Å². The van der Waals surface area contributed by atoms with Crippen molar-refractivity contribution in [3.05, 3.63) is 12.2 Å². The molecule has 0 amide bonds. The van der Waals surface area contributed by atoms with Crippen LogP contribution in [0.25, 0.3) is 0 Å². The molecule has 0 aromatic rings. The molecule has 0 aromatic heterocycles. The monoisotopic (exact) mass is 258 g/mol. The van der Waals surface area contributed by atoms with Gasteiger partial charge >= 0.3 is 0 Å². The van der Waals surface area contributed by atoms with Gasteiger partial charge in [-0.05, 0) is 75.5 Å². The summed E-state index contributed by atoms with van der Waals surface area (Å²) in [5, 5.41) is 0. The lowest BCUT2D eigenvalue weighted by molar-refractivity contribution is 0.168. The van der Waals surface area contributed by atoms with Gasteiger partial charge in [0.05, 0.1) is 0 Å². The second-order valence-electron chi connectivity index (χ2n) is 6.67. The third-order valence-corrected chi connectivity index (χ3v) is 5.35. The quantitative estimate of drug-likeness (QED) is 0.455. The zero-order chi connectivity index (χ0) is 13.5. The molecule has 0 aliphatic heterocycles. The molecule has 0 unspecified atom stereocenters. The highest BCUT2D eigenvalue weighted by Crippen LogP contribution is 2.41. The molecule has 2 aliphatic carbocycles. The van der Waals surface area contributed by atoms with Gasteiger partial charge in [-0.2, -0.15) is 0 Å². The number of unbranched alkanes of at least 4 members (excludes halogenated alkanes) is 1. The molecule has 2 fully saturated rings. The van der Waals surface area contributed by atoms with Crippen molar-refractivity contribution in [2.75, 3.05) is 0 Å². The minimum Gasteiger partial charge on any atom is -0.120 e. The first kappa shape index (κ1) is 14.7. The Morgan fingerprint density at radius 3 is 2.05 bits per heavy atom. The van der Waals surface area contributed by atoms with Gasteiger partial charge in [-0.15, -0.1) is 12.3 Å². The Kier molecular flexibility index (Phi) is 6.02. The van der Waals surface area contributed by atoms with E-state index in [9.17, 15) is 0 Å². The second kappa shape index (κ2) is 7.78. The van der Waals surface area contributed by atoms with Crippen LogP contribution in [0.3, 0.4) is 0 Å². The second-order valence-corrected chi connectivity index (χ2v) is 6.67. The zero-order valence-electron chi connectivity index (χ0n) is 12.6. The SMILES string of the molecule is C#C[C@H]1CC[C@H](C2CCC(/C=C/CCC)CC2)CC1. The van der Waals surface area contributed by atoms with Gasteiger partial charge in [-0.25, -0.2) is 0 Å². The summed E-state index contributed by atoms with van der Waals surface area (Å²) in [7, 11) is 0. The van der Waals surface area contributed by atoms with E-state index >= 15 is 0 Å². The van der Waals surface area contributed by atoms with Gasteiger partial charge in [-0.3, -0.25) is 0 Å². The fourth-order valence-corrected chi connectivity index (χ4v) is 4.02. The summed E-state index contributed by atoms with van der Waals surface area (Å²) in [6.45, 7) is 2.26. The van der Waals surface area contributed by atoms with E-state index in [4.69, 9.17) is 6.42 Å². The lowest BCUT2D eigenvalue weighted by Crippen LogP contribution is -2.25. The first-order chi connectivity index (χ1) is 9.33. The molecule has 0 saturated heterocycles. The van der Waals surface area contributed by atoms with E-state index in [2.05, 4.69) is 25.0 Å². The van der Waals surface area contributed by atoms with Crippen LogP contribution in [-0.4, -0.2) is 0 Å². The third-order valence-electron chi connectivity index (χ3n) is 5.35. The fraction of sp³-hybridized carbons (Fsp3) is 0.789. The molecule has 2 saturated carbocycles.